The van der Waals surface area contributed by atoms with Crippen LogP contribution in [0, 0.1) is 10.1 Å². The standard InChI is InChI=1S/C14H12N2O5S/c17-16(18)12-6-7-13-14(10-12)22(19,20)15(8-9-21-13)11-4-2-1-3-5-11/h1-7,10H,8-9H2. The summed E-state index contributed by atoms with van der Waals surface area (Å²) in [6, 6.07) is 12.1. The summed E-state index contributed by atoms with van der Waals surface area (Å²) >= 11 is 0. The van der Waals surface area contributed by atoms with Crippen LogP contribution in [0.15, 0.2) is 53.4 Å². The topological polar surface area (TPSA) is 89.8 Å². The van der Waals surface area contributed by atoms with Gasteiger partial charge in [-0.2, -0.15) is 0 Å². The van der Waals surface area contributed by atoms with Crippen molar-refractivity contribution in [2.45, 2.75) is 4.90 Å². The Morgan fingerprint density at radius 1 is 1.14 bits per heavy atom. The zero-order chi connectivity index (χ0) is 15.7. The van der Waals surface area contributed by atoms with E-state index < -0.39 is 14.9 Å². The van der Waals surface area contributed by atoms with E-state index in [1.54, 1.807) is 30.3 Å². The Labute approximate surface area is 126 Å². The second-order valence-corrected chi connectivity index (χ2v) is 6.48. The molecule has 8 heteroatoms. The lowest BCUT2D eigenvalue weighted by atomic mass is 10.3. The van der Waals surface area contributed by atoms with Crippen molar-refractivity contribution in [1.29, 1.82) is 0 Å². The highest BCUT2D eigenvalue weighted by Gasteiger charge is 2.32. The number of non-ortho nitro benzene ring substituents is 1. The number of nitrogens with zero attached hydrogens (tertiary/aromatic N) is 2. The third-order valence-electron chi connectivity index (χ3n) is 3.30. The third kappa shape index (κ3) is 2.37. The number of para-hydroxylation sites is 1. The number of ether oxygens (including phenoxy) is 1. The zero-order valence-corrected chi connectivity index (χ0v) is 12.2. The molecule has 0 fully saturated rings. The number of sulfonamides is 1. The van der Waals surface area contributed by atoms with E-state index in [9.17, 15) is 18.5 Å². The molecule has 0 unspecified atom stereocenters. The van der Waals surface area contributed by atoms with Gasteiger partial charge in [-0.25, -0.2) is 8.42 Å². The summed E-state index contributed by atoms with van der Waals surface area (Å²) in [4.78, 5) is 10.1. The molecular weight excluding hydrogens is 308 g/mol. The van der Waals surface area contributed by atoms with Crippen molar-refractivity contribution in [3.63, 3.8) is 0 Å². The minimum atomic E-state index is -3.92. The quantitative estimate of drug-likeness (QED) is 0.625. The zero-order valence-electron chi connectivity index (χ0n) is 11.4. The maximum atomic E-state index is 12.8. The number of nitro groups is 1. The van der Waals surface area contributed by atoms with Crippen molar-refractivity contribution in [3.8, 4) is 5.75 Å². The van der Waals surface area contributed by atoms with E-state index >= 15 is 0 Å². The second kappa shape index (κ2) is 5.30. The molecule has 7 nitrogen and oxygen atoms in total. The number of hydrogen-bond acceptors (Lipinski definition) is 5. The SMILES string of the molecule is O=[N+]([O-])c1ccc2c(c1)S(=O)(=O)N(c1ccccc1)CCO2. The minimum absolute atomic E-state index is 0.129. The smallest absolute Gasteiger partial charge is 0.271 e. The van der Waals surface area contributed by atoms with E-state index in [1.807, 2.05) is 0 Å². The lowest BCUT2D eigenvalue weighted by molar-refractivity contribution is -0.385. The van der Waals surface area contributed by atoms with Gasteiger partial charge in [-0.3, -0.25) is 14.4 Å². The number of fused-ring (bicyclic) bond motifs is 1. The average molecular weight is 320 g/mol. The summed E-state index contributed by atoms with van der Waals surface area (Å²) in [6.45, 7) is 0.299. The van der Waals surface area contributed by atoms with Crippen molar-refractivity contribution in [3.05, 3.63) is 58.6 Å². The Kier molecular flexibility index (Phi) is 3.45. The molecule has 2 aromatic rings. The molecule has 1 heterocycles. The maximum absolute atomic E-state index is 12.8. The van der Waals surface area contributed by atoms with Crippen LogP contribution in [0.3, 0.4) is 0 Å². The van der Waals surface area contributed by atoms with Gasteiger partial charge < -0.3 is 4.74 Å². The van der Waals surface area contributed by atoms with Gasteiger partial charge >= 0.3 is 0 Å². The fraction of sp³-hybridized carbons (Fsp3) is 0.143. The molecule has 1 aliphatic heterocycles. The molecule has 0 spiro atoms. The number of hydrogen-bond donors (Lipinski definition) is 0. The highest BCUT2D eigenvalue weighted by molar-refractivity contribution is 7.93. The van der Waals surface area contributed by atoms with Crippen LogP contribution in [-0.2, 0) is 10.0 Å². The molecule has 114 valence electrons. The molecule has 0 saturated carbocycles. The van der Waals surface area contributed by atoms with E-state index in [-0.39, 0.29) is 29.5 Å². The summed E-state index contributed by atoms with van der Waals surface area (Å²) in [5.41, 5.74) is 0.200. The normalized spacial score (nSPS) is 16.3. The first-order valence-corrected chi connectivity index (χ1v) is 7.93. The molecule has 3 rings (SSSR count). The first-order valence-electron chi connectivity index (χ1n) is 6.49. The van der Waals surface area contributed by atoms with Gasteiger partial charge in [0.1, 0.15) is 17.3 Å². The third-order valence-corrected chi connectivity index (χ3v) is 5.15. The number of benzene rings is 2. The minimum Gasteiger partial charge on any atom is -0.490 e. The highest BCUT2D eigenvalue weighted by Crippen LogP contribution is 2.34. The Morgan fingerprint density at radius 3 is 2.55 bits per heavy atom. The van der Waals surface area contributed by atoms with Gasteiger partial charge in [0.25, 0.3) is 15.7 Å². The van der Waals surface area contributed by atoms with E-state index in [0.717, 1.165) is 6.07 Å². The van der Waals surface area contributed by atoms with Gasteiger partial charge in [-0.1, -0.05) is 18.2 Å². The highest BCUT2D eigenvalue weighted by atomic mass is 32.2. The Hall–Kier alpha value is -2.61. The molecule has 0 amide bonds. The van der Waals surface area contributed by atoms with E-state index in [0.29, 0.717) is 5.69 Å². The van der Waals surface area contributed by atoms with Gasteiger partial charge in [-0.05, 0) is 18.2 Å². The largest absolute Gasteiger partial charge is 0.490 e. The average Bonchev–Trinajstić information content (AvgIpc) is 2.64. The van der Waals surface area contributed by atoms with E-state index in [4.69, 9.17) is 4.74 Å². The Balaban J connectivity index is 2.16. The number of nitro benzene ring substituents is 1. The van der Waals surface area contributed by atoms with Crippen LogP contribution in [0.25, 0.3) is 0 Å². The molecule has 0 saturated heterocycles. The molecular formula is C14H12N2O5S. The predicted octanol–water partition coefficient (Wildman–Crippen LogP) is 2.18. The van der Waals surface area contributed by atoms with Gasteiger partial charge in [0.05, 0.1) is 17.2 Å². The molecule has 0 bridgehead atoms. The first kappa shape index (κ1) is 14.3. The van der Waals surface area contributed by atoms with Crippen molar-refractivity contribution in [1.82, 2.24) is 0 Å². The monoisotopic (exact) mass is 320 g/mol. The van der Waals surface area contributed by atoms with E-state index in [1.165, 1.54) is 16.4 Å². The Morgan fingerprint density at radius 2 is 1.86 bits per heavy atom. The molecule has 0 radical (unpaired) electrons. The van der Waals surface area contributed by atoms with Crippen LogP contribution >= 0.6 is 0 Å². The van der Waals surface area contributed by atoms with Gasteiger partial charge in [0.15, 0.2) is 0 Å². The molecule has 0 atom stereocenters. The molecule has 0 aliphatic carbocycles. The first-order chi connectivity index (χ1) is 10.5. The fourth-order valence-corrected chi connectivity index (χ4v) is 3.87. The fourth-order valence-electron chi connectivity index (χ4n) is 2.27. The van der Waals surface area contributed by atoms with Crippen molar-refractivity contribution in [2.24, 2.45) is 0 Å². The van der Waals surface area contributed by atoms with Gasteiger partial charge in [0, 0.05) is 12.1 Å². The molecule has 1 aliphatic rings. The summed E-state index contributed by atoms with van der Waals surface area (Å²) in [7, 11) is -3.92. The van der Waals surface area contributed by atoms with Crippen LogP contribution < -0.4 is 9.04 Å². The lowest BCUT2D eigenvalue weighted by Crippen LogP contribution is -2.32. The van der Waals surface area contributed by atoms with Crippen molar-refractivity contribution >= 4 is 21.4 Å². The molecule has 2 aromatic carbocycles. The van der Waals surface area contributed by atoms with Crippen molar-refractivity contribution in [2.75, 3.05) is 17.5 Å². The summed E-state index contributed by atoms with van der Waals surface area (Å²) < 4.78 is 32.3. The molecule has 22 heavy (non-hydrogen) atoms. The number of rotatable bonds is 2. The van der Waals surface area contributed by atoms with Crippen LogP contribution in [-0.4, -0.2) is 26.5 Å². The maximum Gasteiger partial charge on any atom is 0.271 e. The van der Waals surface area contributed by atoms with Crippen LogP contribution in [0.5, 0.6) is 5.75 Å². The van der Waals surface area contributed by atoms with Gasteiger partial charge in [0.2, 0.25) is 0 Å². The predicted molar refractivity (Wildman–Crippen MR) is 79.6 cm³/mol. The lowest BCUT2D eigenvalue weighted by Gasteiger charge is -2.21. The summed E-state index contributed by atoms with van der Waals surface area (Å²) in [6.07, 6.45) is 0. The van der Waals surface area contributed by atoms with Gasteiger partial charge in [-0.15, -0.1) is 0 Å². The molecule has 0 aromatic heterocycles. The van der Waals surface area contributed by atoms with Crippen LogP contribution in [0.2, 0.25) is 0 Å². The molecule has 0 N–H and O–H groups in total. The second-order valence-electron chi connectivity index (χ2n) is 4.65. The summed E-state index contributed by atoms with van der Waals surface area (Å²) in [5, 5.41) is 10.9. The van der Waals surface area contributed by atoms with Crippen molar-refractivity contribution < 1.29 is 18.1 Å². The summed E-state index contributed by atoms with van der Waals surface area (Å²) in [5.74, 6) is 0.129. The Bertz CT molecular complexity index is 820. The van der Waals surface area contributed by atoms with E-state index in [2.05, 4.69) is 0 Å². The van der Waals surface area contributed by atoms with Crippen LogP contribution in [0.4, 0.5) is 11.4 Å². The van der Waals surface area contributed by atoms with Crippen LogP contribution in [0.1, 0.15) is 0 Å². The number of anilines is 1.